The predicted molar refractivity (Wildman–Crippen MR) is 73.5 cm³/mol. The van der Waals surface area contributed by atoms with Gasteiger partial charge in [-0.15, -0.1) is 0 Å². The van der Waals surface area contributed by atoms with E-state index in [0.29, 0.717) is 0 Å². The van der Waals surface area contributed by atoms with Gasteiger partial charge in [0.25, 0.3) is 0 Å². The van der Waals surface area contributed by atoms with Crippen LogP contribution in [0.5, 0.6) is 0 Å². The van der Waals surface area contributed by atoms with Crippen molar-refractivity contribution in [1.82, 2.24) is 4.98 Å². The summed E-state index contributed by atoms with van der Waals surface area (Å²) in [4.78, 5) is 4.57. The SMILES string of the molecule is Cc1ccc2cc(C3(C4(N)CC4)CC3)ccc2n1. The summed E-state index contributed by atoms with van der Waals surface area (Å²) in [6.07, 6.45) is 4.90. The van der Waals surface area contributed by atoms with Crippen LogP contribution in [0.1, 0.15) is 36.9 Å². The summed E-state index contributed by atoms with van der Waals surface area (Å²) >= 11 is 0. The molecule has 4 rings (SSSR count). The van der Waals surface area contributed by atoms with Crippen LogP contribution in [0.25, 0.3) is 10.9 Å². The fraction of sp³-hybridized carbons (Fsp3) is 0.438. The molecule has 2 heteroatoms. The van der Waals surface area contributed by atoms with Gasteiger partial charge >= 0.3 is 0 Å². The molecule has 0 bridgehead atoms. The standard InChI is InChI=1S/C16H18N2/c1-11-2-3-12-10-13(4-5-14(12)18-11)15(6-7-15)16(17)8-9-16/h2-5,10H,6-9,17H2,1H3. The Labute approximate surface area is 107 Å². The van der Waals surface area contributed by atoms with Gasteiger partial charge in [-0.3, -0.25) is 4.98 Å². The lowest BCUT2D eigenvalue weighted by molar-refractivity contribution is 0.504. The van der Waals surface area contributed by atoms with E-state index in [1.165, 1.54) is 36.6 Å². The maximum Gasteiger partial charge on any atom is 0.0705 e. The van der Waals surface area contributed by atoms with Gasteiger partial charge in [-0.1, -0.05) is 12.1 Å². The summed E-state index contributed by atoms with van der Waals surface area (Å²) < 4.78 is 0. The second-order valence-corrected chi connectivity index (χ2v) is 6.10. The van der Waals surface area contributed by atoms with Gasteiger partial charge in [0.2, 0.25) is 0 Å². The Hall–Kier alpha value is -1.41. The van der Waals surface area contributed by atoms with Crippen LogP contribution >= 0.6 is 0 Å². The van der Waals surface area contributed by atoms with E-state index in [1.54, 1.807) is 0 Å². The molecule has 2 fully saturated rings. The summed E-state index contributed by atoms with van der Waals surface area (Å²) in [6.45, 7) is 2.04. The first-order valence-electron chi connectivity index (χ1n) is 6.80. The first-order chi connectivity index (χ1) is 8.63. The first-order valence-corrected chi connectivity index (χ1v) is 6.80. The number of hydrogen-bond acceptors (Lipinski definition) is 2. The Morgan fingerprint density at radius 2 is 1.83 bits per heavy atom. The van der Waals surface area contributed by atoms with Crippen molar-refractivity contribution in [2.24, 2.45) is 5.73 Å². The van der Waals surface area contributed by atoms with E-state index >= 15 is 0 Å². The molecule has 2 N–H and O–H groups in total. The molecule has 0 spiro atoms. The fourth-order valence-electron chi connectivity index (χ4n) is 3.34. The number of pyridine rings is 1. The van der Waals surface area contributed by atoms with Crippen molar-refractivity contribution in [2.75, 3.05) is 0 Å². The minimum absolute atomic E-state index is 0.0960. The van der Waals surface area contributed by atoms with Crippen molar-refractivity contribution >= 4 is 10.9 Å². The largest absolute Gasteiger partial charge is 0.324 e. The third-order valence-corrected chi connectivity index (χ3v) is 4.87. The molecule has 2 aliphatic carbocycles. The van der Waals surface area contributed by atoms with E-state index in [4.69, 9.17) is 5.73 Å². The number of aromatic nitrogens is 1. The Bertz CT molecular complexity index is 637. The van der Waals surface area contributed by atoms with E-state index < -0.39 is 0 Å². The van der Waals surface area contributed by atoms with Crippen LogP contribution in [-0.2, 0) is 5.41 Å². The summed E-state index contributed by atoms with van der Waals surface area (Å²) in [5.41, 5.74) is 10.5. The fourth-order valence-corrected chi connectivity index (χ4v) is 3.34. The van der Waals surface area contributed by atoms with E-state index in [0.717, 1.165) is 11.2 Å². The highest BCUT2D eigenvalue weighted by Crippen LogP contribution is 2.63. The molecule has 2 nitrogen and oxygen atoms in total. The third-order valence-electron chi connectivity index (χ3n) is 4.87. The zero-order chi connectivity index (χ0) is 12.4. The van der Waals surface area contributed by atoms with Crippen molar-refractivity contribution in [3.05, 3.63) is 41.6 Å². The highest BCUT2D eigenvalue weighted by atomic mass is 14.9. The highest BCUT2D eigenvalue weighted by molar-refractivity contribution is 5.80. The van der Waals surface area contributed by atoms with Crippen molar-refractivity contribution in [1.29, 1.82) is 0 Å². The van der Waals surface area contributed by atoms with Crippen molar-refractivity contribution in [2.45, 2.75) is 43.6 Å². The monoisotopic (exact) mass is 238 g/mol. The molecule has 0 aliphatic heterocycles. The second-order valence-electron chi connectivity index (χ2n) is 6.10. The number of nitrogens with two attached hydrogens (primary N) is 1. The Balaban J connectivity index is 1.85. The molecule has 1 heterocycles. The van der Waals surface area contributed by atoms with E-state index in [9.17, 15) is 0 Å². The Morgan fingerprint density at radius 3 is 2.50 bits per heavy atom. The van der Waals surface area contributed by atoms with Gasteiger partial charge in [0.15, 0.2) is 0 Å². The van der Waals surface area contributed by atoms with Gasteiger partial charge in [-0.05, 0) is 56.4 Å². The van der Waals surface area contributed by atoms with Crippen LogP contribution in [0.3, 0.4) is 0 Å². The summed E-state index contributed by atoms with van der Waals surface area (Å²) in [7, 11) is 0. The number of benzene rings is 1. The average Bonchev–Trinajstić information content (AvgIpc) is 3.24. The topological polar surface area (TPSA) is 38.9 Å². The minimum atomic E-state index is 0.0960. The van der Waals surface area contributed by atoms with Crippen LogP contribution < -0.4 is 5.73 Å². The van der Waals surface area contributed by atoms with Crippen molar-refractivity contribution < 1.29 is 0 Å². The molecule has 92 valence electrons. The molecule has 1 aromatic carbocycles. The maximum absolute atomic E-state index is 6.47. The number of rotatable bonds is 2. The second kappa shape index (κ2) is 3.12. The van der Waals surface area contributed by atoms with E-state index in [1.807, 2.05) is 6.92 Å². The molecule has 18 heavy (non-hydrogen) atoms. The zero-order valence-electron chi connectivity index (χ0n) is 10.7. The van der Waals surface area contributed by atoms with Gasteiger partial charge < -0.3 is 5.73 Å². The molecular formula is C16H18N2. The zero-order valence-corrected chi connectivity index (χ0v) is 10.7. The van der Waals surface area contributed by atoms with E-state index in [-0.39, 0.29) is 11.0 Å². The summed E-state index contributed by atoms with van der Waals surface area (Å²) in [5, 5.41) is 1.24. The lowest BCUT2D eigenvalue weighted by Crippen LogP contribution is -2.37. The van der Waals surface area contributed by atoms with Crippen LogP contribution in [0.2, 0.25) is 0 Å². The van der Waals surface area contributed by atoms with E-state index in [2.05, 4.69) is 35.3 Å². The summed E-state index contributed by atoms with van der Waals surface area (Å²) in [6, 6.07) is 11.0. The van der Waals surface area contributed by atoms with Gasteiger partial charge in [-0.25, -0.2) is 0 Å². The predicted octanol–water partition coefficient (Wildman–Crippen LogP) is 3.07. The lowest BCUT2D eigenvalue weighted by Gasteiger charge is -2.23. The van der Waals surface area contributed by atoms with Gasteiger partial charge in [-0.2, -0.15) is 0 Å². The molecule has 0 amide bonds. The molecule has 2 aromatic rings. The molecular weight excluding hydrogens is 220 g/mol. The minimum Gasteiger partial charge on any atom is -0.324 e. The third kappa shape index (κ3) is 1.30. The number of aryl methyl sites for hydroxylation is 1. The van der Waals surface area contributed by atoms with Crippen LogP contribution in [-0.4, -0.2) is 10.5 Å². The Morgan fingerprint density at radius 1 is 1.06 bits per heavy atom. The van der Waals surface area contributed by atoms with Crippen molar-refractivity contribution in [3.8, 4) is 0 Å². The number of nitrogens with zero attached hydrogens (tertiary/aromatic N) is 1. The van der Waals surface area contributed by atoms with Gasteiger partial charge in [0.05, 0.1) is 5.52 Å². The quantitative estimate of drug-likeness (QED) is 0.873. The molecule has 0 atom stereocenters. The van der Waals surface area contributed by atoms with Crippen molar-refractivity contribution in [3.63, 3.8) is 0 Å². The molecule has 1 aromatic heterocycles. The first kappa shape index (κ1) is 10.5. The summed E-state index contributed by atoms with van der Waals surface area (Å²) in [5.74, 6) is 0. The maximum atomic E-state index is 6.47. The molecule has 0 radical (unpaired) electrons. The molecule has 0 saturated heterocycles. The van der Waals surface area contributed by atoms with Gasteiger partial charge in [0.1, 0.15) is 0 Å². The lowest BCUT2D eigenvalue weighted by atomic mass is 9.85. The Kier molecular flexibility index (Phi) is 1.82. The average molecular weight is 238 g/mol. The molecule has 2 aliphatic rings. The molecule has 0 unspecified atom stereocenters. The highest BCUT2D eigenvalue weighted by Gasteiger charge is 2.63. The molecule has 2 saturated carbocycles. The number of fused-ring (bicyclic) bond motifs is 1. The van der Waals surface area contributed by atoms with Gasteiger partial charge in [0, 0.05) is 22.0 Å². The normalized spacial score (nSPS) is 23.0. The number of hydrogen-bond donors (Lipinski definition) is 1. The van der Waals surface area contributed by atoms with Crippen LogP contribution in [0.4, 0.5) is 0 Å². The smallest absolute Gasteiger partial charge is 0.0705 e. The van der Waals surface area contributed by atoms with Crippen LogP contribution in [0.15, 0.2) is 30.3 Å². The van der Waals surface area contributed by atoms with Crippen LogP contribution in [0, 0.1) is 6.92 Å².